The van der Waals surface area contributed by atoms with E-state index >= 15 is 0 Å². The van der Waals surface area contributed by atoms with E-state index in [0.29, 0.717) is 23.1 Å². The first-order chi connectivity index (χ1) is 6.65. The van der Waals surface area contributed by atoms with Gasteiger partial charge in [0.15, 0.2) is 0 Å². The molecular weight excluding hydrogens is 251 g/mol. The van der Waals surface area contributed by atoms with Gasteiger partial charge in [0.05, 0.1) is 10.6 Å². The van der Waals surface area contributed by atoms with Crippen LogP contribution in [0.15, 0.2) is 22.7 Å². The molecular formula is C10H10BrFO2. The van der Waals surface area contributed by atoms with Crippen LogP contribution in [0.25, 0.3) is 0 Å². The zero-order valence-electron chi connectivity index (χ0n) is 7.41. The maximum Gasteiger partial charge on any atom is 0.134 e. The van der Waals surface area contributed by atoms with E-state index in [2.05, 4.69) is 15.9 Å². The average Bonchev–Trinajstić information content (AvgIpc) is 2.06. The van der Waals surface area contributed by atoms with Gasteiger partial charge in [-0.2, -0.15) is 0 Å². The van der Waals surface area contributed by atoms with Gasteiger partial charge in [0.2, 0.25) is 0 Å². The summed E-state index contributed by atoms with van der Waals surface area (Å²) in [5, 5.41) is 9.06. The Morgan fingerprint density at radius 3 is 2.71 bits per heavy atom. The second-order valence-electron chi connectivity index (χ2n) is 3.44. The van der Waals surface area contributed by atoms with E-state index in [0.717, 1.165) is 0 Å². The quantitative estimate of drug-likeness (QED) is 0.886. The van der Waals surface area contributed by atoms with Gasteiger partial charge in [0.1, 0.15) is 17.7 Å². The van der Waals surface area contributed by atoms with Crippen molar-refractivity contribution in [2.75, 3.05) is 0 Å². The second-order valence-corrected chi connectivity index (χ2v) is 4.29. The van der Waals surface area contributed by atoms with Gasteiger partial charge in [-0.25, -0.2) is 4.39 Å². The molecule has 1 saturated carbocycles. The van der Waals surface area contributed by atoms with Crippen LogP contribution in [0.1, 0.15) is 12.8 Å². The third kappa shape index (κ3) is 2.07. The number of rotatable bonds is 2. The Bertz CT molecular complexity index is 337. The molecule has 1 aromatic carbocycles. The van der Waals surface area contributed by atoms with Crippen molar-refractivity contribution >= 4 is 15.9 Å². The fourth-order valence-electron chi connectivity index (χ4n) is 1.38. The lowest BCUT2D eigenvalue weighted by atomic mass is 9.92. The highest BCUT2D eigenvalue weighted by atomic mass is 79.9. The van der Waals surface area contributed by atoms with Gasteiger partial charge in [0.25, 0.3) is 0 Å². The molecule has 1 aliphatic carbocycles. The van der Waals surface area contributed by atoms with Crippen molar-refractivity contribution in [1.82, 2.24) is 0 Å². The summed E-state index contributed by atoms with van der Waals surface area (Å²) in [5.74, 6) is 0.334. The summed E-state index contributed by atoms with van der Waals surface area (Å²) in [6.45, 7) is 0. The molecule has 0 radical (unpaired) electrons. The molecule has 2 nitrogen and oxygen atoms in total. The van der Waals surface area contributed by atoms with Gasteiger partial charge in [0, 0.05) is 12.8 Å². The van der Waals surface area contributed by atoms with Gasteiger partial charge >= 0.3 is 0 Å². The van der Waals surface area contributed by atoms with Gasteiger partial charge < -0.3 is 9.84 Å². The predicted octanol–water partition coefficient (Wildman–Crippen LogP) is 2.49. The van der Waals surface area contributed by atoms with Gasteiger partial charge in [-0.1, -0.05) is 0 Å². The Morgan fingerprint density at radius 1 is 1.43 bits per heavy atom. The molecule has 0 atom stereocenters. The van der Waals surface area contributed by atoms with Crippen LogP contribution in [-0.4, -0.2) is 17.3 Å². The number of hydrogen-bond acceptors (Lipinski definition) is 2. The predicted molar refractivity (Wildman–Crippen MR) is 53.8 cm³/mol. The first-order valence-electron chi connectivity index (χ1n) is 4.45. The lowest BCUT2D eigenvalue weighted by molar-refractivity contribution is -0.0111. The lowest BCUT2D eigenvalue weighted by Crippen LogP contribution is -2.37. The summed E-state index contributed by atoms with van der Waals surface area (Å²) >= 11 is 3.22. The van der Waals surface area contributed by atoms with Crippen molar-refractivity contribution in [3.63, 3.8) is 0 Å². The molecule has 0 aromatic heterocycles. The fraction of sp³-hybridized carbons (Fsp3) is 0.400. The van der Waals surface area contributed by atoms with E-state index in [1.807, 2.05) is 0 Å². The minimum absolute atomic E-state index is 0.0618. The molecule has 1 aromatic rings. The van der Waals surface area contributed by atoms with E-state index in [4.69, 9.17) is 9.84 Å². The van der Waals surface area contributed by atoms with E-state index in [1.165, 1.54) is 12.1 Å². The molecule has 76 valence electrons. The Morgan fingerprint density at radius 2 is 2.14 bits per heavy atom. The van der Waals surface area contributed by atoms with Crippen LogP contribution < -0.4 is 4.74 Å². The zero-order chi connectivity index (χ0) is 10.1. The molecule has 2 rings (SSSR count). The third-order valence-corrected chi connectivity index (χ3v) is 2.88. The molecule has 1 aliphatic rings. The van der Waals surface area contributed by atoms with Crippen molar-refractivity contribution in [3.05, 3.63) is 28.5 Å². The largest absolute Gasteiger partial charge is 0.489 e. The van der Waals surface area contributed by atoms with E-state index in [1.54, 1.807) is 6.07 Å². The fourth-order valence-corrected chi connectivity index (χ4v) is 1.83. The van der Waals surface area contributed by atoms with E-state index in [9.17, 15) is 4.39 Å². The lowest BCUT2D eigenvalue weighted by Gasteiger charge is -2.31. The van der Waals surface area contributed by atoms with Crippen LogP contribution in [0.3, 0.4) is 0 Å². The highest BCUT2D eigenvalue weighted by Gasteiger charge is 2.29. The number of aliphatic hydroxyl groups excluding tert-OH is 1. The number of ether oxygens (including phenoxy) is 1. The van der Waals surface area contributed by atoms with Crippen LogP contribution in [-0.2, 0) is 0 Å². The normalized spacial score (nSPS) is 25.6. The van der Waals surface area contributed by atoms with Crippen LogP contribution in [0, 0.1) is 5.82 Å². The Labute approximate surface area is 89.8 Å². The summed E-state index contributed by atoms with van der Waals surface area (Å²) in [4.78, 5) is 0. The standard InChI is InChI=1S/C10H10BrFO2/c11-9-3-6(12)1-2-10(9)14-8-4-7(13)5-8/h1-3,7-8,13H,4-5H2. The molecule has 0 saturated heterocycles. The molecule has 14 heavy (non-hydrogen) atoms. The highest BCUT2D eigenvalue weighted by molar-refractivity contribution is 9.10. The number of hydrogen-bond donors (Lipinski definition) is 1. The number of benzene rings is 1. The van der Waals surface area contributed by atoms with Gasteiger partial charge in [-0.3, -0.25) is 0 Å². The van der Waals surface area contributed by atoms with Crippen molar-refractivity contribution in [2.24, 2.45) is 0 Å². The molecule has 4 heteroatoms. The Balaban J connectivity index is 2.02. The molecule has 0 aliphatic heterocycles. The minimum Gasteiger partial charge on any atom is -0.489 e. The van der Waals surface area contributed by atoms with Gasteiger partial charge in [-0.05, 0) is 34.1 Å². The molecule has 1 fully saturated rings. The monoisotopic (exact) mass is 260 g/mol. The number of aliphatic hydroxyl groups is 1. The smallest absolute Gasteiger partial charge is 0.134 e. The first kappa shape index (κ1) is 9.93. The van der Waals surface area contributed by atoms with E-state index in [-0.39, 0.29) is 18.0 Å². The zero-order valence-corrected chi connectivity index (χ0v) is 9.00. The van der Waals surface area contributed by atoms with Crippen molar-refractivity contribution < 1.29 is 14.2 Å². The molecule has 0 amide bonds. The third-order valence-electron chi connectivity index (χ3n) is 2.26. The summed E-state index contributed by atoms with van der Waals surface area (Å²) in [6, 6.07) is 4.31. The van der Waals surface area contributed by atoms with E-state index < -0.39 is 0 Å². The maximum atomic E-state index is 12.7. The first-order valence-corrected chi connectivity index (χ1v) is 5.24. The van der Waals surface area contributed by atoms with Crippen LogP contribution in [0.4, 0.5) is 4.39 Å². The maximum absolute atomic E-state index is 12.7. The van der Waals surface area contributed by atoms with Crippen LogP contribution in [0.2, 0.25) is 0 Å². The highest BCUT2D eigenvalue weighted by Crippen LogP contribution is 2.31. The topological polar surface area (TPSA) is 29.5 Å². The minimum atomic E-state index is -0.294. The summed E-state index contributed by atoms with van der Waals surface area (Å²) in [5.41, 5.74) is 0. The molecule has 0 heterocycles. The number of halogens is 2. The van der Waals surface area contributed by atoms with Crippen molar-refractivity contribution in [3.8, 4) is 5.75 Å². The Kier molecular flexibility index (Phi) is 2.74. The summed E-state index contributed by atoms with van der Waals surface area (Å²) < 4.78 is 18.9. The van der Waals surface area contributed by atoms with Crippen molar-refractivity contribution in [1.29, 1.82) is 0 Å². The van der Waals surface area contributed by atoms with Crippen LogP contribution >= 0.6 is 15.9 Å². The molecule has 1 N–H and O–H groups in total. The summed E-state index contributed by atoms with van der Waals surface area (Å²) in [7, 11) is 0. The van der Waals surface area contributed by atoms with Crippen molar-refractivity contribution in [2.45, 2.75) is 25.0 Å². The van der Waals surface area contributed by atoms with Crippen LogP contribution in [0.5, 0.6) is 5.75 Å². The average molecular weight is 261 g/mol. The molecule has 0 unspecified atom stereocenters. The summed E-state index contributed by atoms with van der Waals surface area (Å²) in [6.07, 6.45) is 1.14. The Hall–Kier alpha value is -0.610. The van der Waals surface area contributed by atoms with Gasteiger partial charge in [-0.15, -0.1) is 0 Å². The SMILES string of the molecule is OC1CC(Oc2ccc(F)cc2Br)C1. The molecule has 0 bridgehead atoms. The second kappa shape index (κ2) is 3.87. The molecule has 0 spiro atoms.